The zero-order valence-electron chi connectivity index (χ0n) is 11.1. The van der Waals surface area contributed by atoms with Crippen molar-refractivity contribution in [2.24, 2.45) is 0 Å². The molecule has 100 valence electrons. The van der Waals surface area contributed by atoms with Gasteiger partial charge in [-0.2, -0.15) is 0 Å². The van der Waals surface area contributed by atoms with E-state index >= 15 is 0 Å². The molecule has 0 radical (unpaired) electrons. The van der Waals surface area contributed by atoms with Crippen LogP contribution in [0, 0.1) is 12.7 Å². The standard InChI is InChI=1S/C17H14FNO/c1-12-3-2-4-16-15(12)9-10-19(17(16)20)11-13-5-7-14(18)8-6-13/h2-10H,11H2,1H3. The third kappa shape index (κ3) is 2.23. The first-order valence-electron chi connectivity index (χ1n) is 6.48. The van der Waals surface area contributed by atoms with Crippen LogP contribution in [0.4, 0.5) is 4.39 Å². The van der Waals surface area contributed by atoms with Crippen LogP contribution in [-0.2, 0) is 6.54 Å². The van der Waals surface area contributed by atoms with Crippen LogP contribution < -0.4 is 5.56 Å². The van der Waals surface area contributed by atoms with Crippen LogP contribution in [0.3, 0.4) is 0 Å². The van der Waals surface area contributed by atoms with Crippen LogP contribution in [0.25, 0.3) is 10.8 Å². The first kappa shape index (κ1) is 12.6. The SMILES string of the molecule is Cc1cccc2c(=O)n(Cc3ccc(F)cc3)ccc12. The van der Waals surface area contributed by atoms with Crippen molar-refractivity contribution in [3.8, 4) is 0 Å². The molecule has 2 aromatic carbocycles. The molecule has 1 aromatic heterocycles. The van der Waals surface area contributed by atoms with E-state index in [0.717, 1.165) is 21.9 Å². The highest BCUT2D eigenvalue weighted by atomic mass is 19.1. The Balaban J connectivity index is 2.07. The first-order chi connectivity index (χ1) is 9.65. The Morgan fingerprint density at radius 1 is 1.00 bits per heavy atom. The minimum Gasteiger partial charge on any atom is -0.311 e. The number of aryl methyl sites for hydroxylation is 1. The molecule has 0 aliphatic carbocycles. The Bertz CT molecular complexity index is 819. The van der Waals surface area contributed by atoms with Crippen LogP contribution in [0.15, 0.2) is 59.5 Å². The maximum atomic E-state index is 12.9. The van der Waals surface area contributed by atoms with Gasteiger partial charge in [-0.3, -0.25) is 4.79 Å². The van der Waals surface area contributed by atoms with E-state index in [1.807, 2.05) is 31.2 Å². The van der Waals surface area contributed by atoms with Gasteiger partial charge in [0.05, 0.1) is 6.54 Å². The van der Waals surface area contributed by atoms with Crippen molar-refractivity contribution < 1.29 is 4.39 Å². The van der Waals surface area contributed by atoms with E-state index in [4.69, 9.17) is 0 Å². The zero-order valence-corrected chi connectivity index (χ0v) is 11.1. The summed E-state index contributed by atoms with van der Waals surface area (Å²) < 4.78 is 14.5. The summed E-state index contributed by atoms with van der Waals surface area (Å²) in [6, 6.07) is 13.9. The topological polar surface area (TPSA) is 22.0 Å². The van der Waals surface area contributed by atoms with Crippen molar-refractivity contribution in [1.29, 1.82) is 0 Å². The van der Waals surface area contributed by atoms with Gasteiger partial charge in [0.25, 0.3) is 5.56 Å². The fraction of sp³-hybridized carbons (Fsp3) is 0.118. The molecule has 0 fully saturated rings. The van der Waals surface area contributed by atoms with Gasteiger partial charge in [0, 0.05) is 11.6 Å². The molecule has 3 aromatic rings. The van der Waals surface area contributed by atoms with Gasteiger partial charge in [-0.05, 0) is 47.7 Å². The molecule has 0 saturated carbocycles. The fourth-order valence-electron chi connectivity index (χ4n) is 2.39. The molecule has 0 unspecified atom stereocenters. The van der Waals surface area contributed by atoms with Gasteiger partial charge in [0.2, 0.25) is 0 Å². The van der Waals surface area contributed by atoms with Gasteiger partial charge in [-0.15, -0.1) is 0 Å². The molecule has 1 heterocycles. The lowest BCUT2D eigenvalue weighted by Gasteiger charge is -2.08. The van der Waals surface area contributed by atoms with E-state index in [2.05, 4.69) is 0 Å². The summed E-state index contributed by atoms with van der Waals surface area (Å²) in [7, 11) is 0. The number of hydrogen-bond acceptors (Lipinski definition) is 1. The quantitative estimate of drug-likeness (QED) is 0.696. The Kier molecular flexibility index (Phi) is 3.11. The molecule has 0 aliphatic heterocycles. The molecule has 0 amide bonds. The second-order valence-corrected chi connectivity index (χ2v) is 4.91. The Morgan fingerprint density at radius 3 is 2.50 bits per heavy atom. The predicted molar refractivity (Wildman–Crippen MR) is 78.4 cm³/mol. The highest BCUT2D eigenvalue weighted by Gasteiger charge is 2.05. The third-order valence-electron chi connectivity index (χ3n) is 3.50. The summed E-state index contributed by atoms with van der Waals surface area (Å²) in [6.45, 7) is 2.44. The van der Waals surface area contributed by atoms with Gasteiger partial charge in [-0.25, -0.2) is 4.39 Å². The Hall–Kier alpha value is -2.42. The average molecular weight is 267 g/mol. The molecule has 0 bridgehead atoms. The monoisotopic (exact) mass is 267 g/mol. The zero-order chi connectivity index (χ0) is 14.1. The van der Waals surface area contributed by atoms with Crippen LogP contribution in [0.1, 0.15) is 11.1 Å². The second kappa shape index (κ2) is 4.93. The molecule has 0 aliphatic rings. The Labute approximate surface area is 116 Å². The minimum atomic E-state index is -0.268. The molecule has 3 rings (SSSR count). The van der Waals surface area contributed by atoms with Gasteiger partial charge in [0.15, 0.2) is 0 Å². The summed E-state index contributed by atoms with van der Waals surface area (Å²) in [5.41, 5.74) is 1.98. The van der Waals surface area contributed by atoms with Crippen molar-refractivity contribution in [2.45, 2.75) is 13.5 Å². The lowest BCUT2D eigenvalue weighted by molar-refractivity contribution is 0.626. The number of pyridine rings is 1. The van der Waals surface area contributed by atoms with E-state index in [1.54, 1.807) is 22.9 Å². The van der Waals surface area contributed by atoms with E-state index in [0.29, 0.717) is 6.54 Å². The van der Waals surface area contributed by atoms with E-state index in [9.17, 15) is 9.18 Å². The molecule has 2 nitrogen and oxygen atoms in total. The molecule has 0 N–H and O–H groups in total. The molecule has 0 atom stereocenters. The maximum absolute atomic E-state index is 12.9. The summed E-state index contributed by atoms with van der Waals surface area (Å²) >= 11 is 0. The van der Waals surface area contributed by atoms with Gasteiger partial charge in [0.1, 0.15) is 5.82 Å². The lowest BCUT2D eigenvalue weighted by Crippen LogP contribution is -2.20. The van der Waals surface area contributed by atoms with Crippen LogP contribution in [0.2, 0.25) is 0 Å². The van der Waals surface area contributed by atoms with Crippen molar-refractivity contribution in [2.75, 3.05) is 0 Å². The van der Waals surface area contributed by atoms with Crippen LogP contribution in [0.5, 0.6) is 0 Å². The van der Waals surface area contributed by atoms with Gasteiger partial charge >= 0.3 is 0 Å². The van der Waals surface area contributed by atoms with Crippen LogP contribution in [-0.4, -0.2) is 4.57 Å². The van der Waals surface area contributed by atoms with E-state index < -0.39 is 0 Å². The number of rotatable bonds is 2. The van der Waals surface area contributed by atoms with Crippen molar-refractivity contribution in [3.05, 3.63) is 82.0 Å². The summed E-state index contributed by atoms with van der Waals surface area (Å²) in [4.78, 5) is 12.4. The number of benzene rings is 2. The number of nitrogens with zero attached hydrogens (tertiary/aromatic N) is 1. The number of hydrogen-bond donors (Lipinski definition) is 0. The average Bonchev–Trinajstić information content (AvgIpc) is 2.45. The van der Waals surface area contributed by atoms with Crippen molar-refractivity contribution in [1.82, 2.24) is 4.57 Å². The minimum absolute atomic E-state index is 0.0180. The smallest absolute Gasteiger partial charge is 0.258 e. The number of fused-ring (bicyclic) bond motifs is 1. The largest absolute Gasteiger partial charge is 0.311 e. The summed E-state index contributed by atoms with van der Waals surface area (Å²) in [5, 5.41) is 1.70. The predicted octanol–water partition coefficient (Wildman–Crippen LogP) is 3.50. The lowest BCUT2D eigenvalue weighted by atomic mass is 10.1. The molecule has 20 heavy (non-hydrogen) atoms. The maximum Gasteiger partial charge on any atom is 0.258 e. The van der Waals surface area contributed by atoms with Crippen LogP contribution >= 0.6 is 0 Å². The van der Waals surface area contributed by atoms with E-state index in [1.165, 1.54) is 12.1 Å². The van der Waals surface area contributed by atoms with Gasteiger partial charge < -0.3 is 4.57 Å². The highest BCUT2D eigenvalue weighted by Crippen LogP contribution is 2.14. The van der Waals surface area contributed by atoms with Crippen molar-refractivity contribution in [3.63, 3.8) is 0 Å². The van der Waals surface area contributed by atoms with E-state index in [-0.39, 0.29) is 11.4 Å². The second-order valence-electron chi connectivity index (χ2n) is 4.91. The fourth-order valence-corrected chi connectivity index (χ4v) is 2.39. The van der Waals surface area contributed by atoms with Crippen molar-refractivity contribution >= 4 is 10.8 Å². The number of halogens is 1. The molecule has 0 saturated heterocycles. The molecule has 0 spiro atoms. The highest BCUT2D eigenvalue weighted by molar-refractivity contribution is 5.84. The Morgan fingerprint density at radius 2 is 1.75 bits per heavy atom. The molecule has 3 heteroatoms. The number of aromatic nitrogens is 1. The molecular weight excluding hydrogens is 253 g/mol. The summed E-state index contributed by atoms with van der Waals surface area (Å²) in [6.07, 6.45) is 1.79. The normalized spacial score (nSPS) is 10.9. The summed E-state index contributed by atoms with van der Waals surface area (Å²) in [5.74, 6) is -0.268. The molecular formula is C17H14FNO. The third-order valence-corrected chi connectivity index (χ3v) is 3.50. The first-order valence-corrected chi connectivity index (χ1v) is 6.48. The van der Waals surface area contributed by atoms with Gasteiger partial charge in [-0.1, -0.05) is 24.3 Å².